The average Bonchev–Trinajstić information content (AvgIpc) is 1.54. The molecular weight excluding hydrogens is 1170 g/mol. The zero-order chi connectivity index (χ0) is 64.1. The van der Waals surface area contributed by atoms with Crippen molar-refractivity contribution in [3.63, 3.8) is 0 Å². The monoisotopic (exact) mass is 1220 g/mol. The summed E-state index contributed by atoms with van der Waals surface area (Å²) in [6.07, 6.45) is 0. The normalized spacial score (nSPS) is 11.3. The fourth-order valence-electron chi connectivity index (χ4n) is 13.3. The zero-order valence-corrected chi connectivity index (χ0v) is 51.5. The van der Waals surface area contributed by atoms with Gasteiger partial charge in [-0.1, -0.05) is 237 Å². The molecule has 10 nitrogen and oxygen atoms in total. The molecular formula is C86H52N10. The van der Waals surface area contributed by atoms with Gasteiger partial charge in [0, 0.05) is 66.3 Å². The second-order valence-corrected chi connectivity index (χ2v) is 23.6. The van der Waals surface area contributed by atoms with Crippen molar-refractivity contribution in [3.05, 3.63) is 332 Å². The van der Waals surface area contributed by atoms with Gasteiger partial charge < -0.3 is 9.13 Å². The van der Waals surface area contributed by atoms with Crippen molar-refractivity contribution in [2.45, 2.75) is 0 Å². The van der Waals surface area contributed by atoms with E-state index in [4.69, 9.17) is 36.5 Å². The average molecular weight is 1230 g/mol. The van der Waals surface area contributed by atoms with Gasteiger partial charge in [0.2, 0.25) is 0 Å². The van der Waals surface area contributed by atoms with Gasteiger partial charge in [-0.2, -0.15) is 5.26 Å². The number of hydrogen-bond acceptors (Lipinski definition) is 7. The Bertz CT molecular complexity index is 5470. The Morgan fingerprint density at radius 1 is 0.260 bits per heavy atom. The van der Waals surface area contributed by atoms with Crippen LogP contribution in [-0.4, -0.2) is 39.0 Å². The van der Waals surface area contributed by atoms with Gasteiger partial charge in [-0.25, -0.2) is 34.7 Å². The third kappa shape index (κ3) is 10.3. The first-order chi connectivity index (χ1) is 47.5. The van der Waals surface area contributed by atoms with Gasteiger partial charge in [0.25, 0.3) is 0 Å². The second kappa shape index (κ2) is 23.9. The predicted octanol–water partition coefficient (Wildman–Crippen LogP) is 21.3. The van der Waals surface area contributed by atoms with Crippen LogP contribution in [0.5, 0.6) is 0 Å². The fourth-order valence-corrected chi connectivity index (χ4v) is 13.3. The molecule has 0 saturated heterocycles. The summed E-state index contributed by atoms with van der Waals surface area (Å²) in [5.41, 5.74) is 20.3. The minimum atomic E-state index is 0.516. The first-order valence-corrected chi connectivity index (χ1v) is 31.7. The van der Waals surface area contributed by atoms with E-state index in [9.17, 15) is 5.26 Å². The summed E-state index contributed by atoms with van der Waals surface area (Å²) < 4.78 is 4.66. The summed E-state index contributed by atoms with van der Waals surface area (Å²) in [6.45, 7) is 7.57. The molecule has 0 radical (unpaired) electrons. The highest BCUT2D eigenvalue weighted by molar-refractivity contribution is 6.12. The molecule has 0 spiro atoms. The summed E-state index contributed by atoms with van der Waals surface area (Å²) in [4.78, 5) is 35.6. The molecule has 4 aromatic heterocycles. The molecule has 0 bridgehead atoms. The first kappa shape index (κ1) is 56.4. The van der Waals surface area contributed by atoms with Crippen LogP contribution in [0, 0.1) is 17.9 Å². The van der Waals surface area contributed by atoms with Crippen LogP contribution in [-0.2, 0) is 0 Å². The lowest BCUT2D eigenvalue weighted by Gasteiger charge is -2.17. The molecule has 0 N–H and O–H groups in total. The molecule has 0 aliphatic rings. The maximum atomic E-state index is 9.61. The molecule has 13 aromatic carbocycles. The van der Waals surface area contributed by atoms with E-state index in [2.05, 4.69) is 166 Å². The van der Waals surface area contributed by atoms with Crippen LogP contribution in [0.1, 0.15) is 5.56 Å². The third-order valence-electron chi connectivity index (χ3n) is 17.9. The van der Waals surface area contributed by atoms with Crippen molar-refractivity contribution < 1.29 is 0 Å². The van der Waals surface area contributed by atoms with Gasteiger partial charge in [0.05, 0.1) is 40.3 Å². The van der Waals surface area contributed by atoms with Crippen LogP contribution in [0.3, 0.4) is 0 Å². The third-order valence-corrected chi connectivity index (χ3v) is 17.9. The second-order valence-electron chi connectivity index (χ2n) is 23.6. The zero-order valence-electron chi connectivity index (χ0n) is 51.5. The molecule has 0 aliphatic carbocycles. The van der Waals surface area contributed by atoms with Gasteiger partial charge in [-0.15, -0.1) is 0 Å². The van der Waals surface area contributed by atoms with Crippen molar-refractivity contribution in [1.82, 2.24) is 39.0 Å². The molecule has 446 valence electrons. The number of hydrogen-bond donors (Lipinski definition) is 0. The molecule has 0 fully saturated rings. The lowest BCUT2D eigenvalue weighted by Crippen LogP contribution is -2.03. The standard InChI is InChI=1S/C86H52N10/c1-88-66-41-37-57(38-42-66)63-40-48-80-74(51-63)72-30-15-17-32-78(72)96(80)68-44-46-70(76(53-68)86-93-83(60-23-10-4-11-24-60)90-84(94-86)61-25-12-5-13-26-61)65-28-18-27-64(49-65)69-45-43-67(52-75(69)85-91-81(58-19-6-2-7-20-58)89-82(92-85)59-21-8-3-9-22-59)95-77-31-16-14-29-71(77)73-50-62(39-47-79(73)95)56-35-33-55(54-87)34-36-56/h2-53H. The summed E-state index contributed by atoms with van der Waals surface area (Å²) in [7, 11) is 0. The van der Waals surface area contributed by atoms with Crippen LogP contribution in [0.15, 0.2) is 315 Å². The summed E-state index contributed by atoms with van der Waals surface area (Å²) in [5.74, 6) is 3.25. The number of nitrogens with zero attached hydrogens (tertiary/aromatic N) is 10. The Morgan fingerprint density at radius 2 is 0.604 bits per heavy atom. The highest BCUT2D eigenvalue weighted by Crippen LogP contribution is 2.43. The molecule has 17 aromatic rings. The first-order valence-electron chi connectivity index (χ1n) is 31.7. The minimum absolute atomic E-state index is 0.516. The Balaban J connectivity index is 0.883. The van der Waals surface area contributed by atoms with E-state index in [-0.39, 0.29) is 0 Å². The molecule has 0 aliphatic heterocycles. The quantitative estimate of drug-likeness (QED) is 0.112. The highest BCUT2D eigenvalue weighted by Gasteiger charge is 2.24. The molecule has 4 heterocycles. The number of aromatic nitrogens is 8. The van der Waals surface area contributed by atoms with E-state index >= 15 is 0 Å². The summed E-state index contributed by atoms with van der Waals surface area (Å²) in [6, 6.07) is 110. The molecule has 17 rings (SSSR count). The van der Waals surface area contributed by atoms with E-state index in [1.807, 2.05) is 170 Å². The number of nitriles is 1. The van der Waals surface area contributed by atoms with Gasteiger partial charge in [0.1, 0.15) is 0 Å². The van der Waals surface area contributed by atoms with E-state index in [0.29, 0.717) is 46.2 Å². The highest BCUT2D eigenvalue weighted by atomic mass is 15.1. The van der Waals surface area contributed by atoms with Crippen molar-refractivity contribution in [2.75, 3.05) is 0 Å². The van der Waals surface area contributed by atoms with Crippen LogP contribution in [0.4, 0.5) is 5.69 Å². The van der Waals surface area contributed by atoms with Crippen LogP contribution in [0.25, 0.3) is 173 Å². The SMILES string of the molecule is [C-]#[N+]c1ccc(-c2ccc3c(c2)c2ccccc2n3-c2ccc(-c3cccc(-c4ccc(-n5c6ccccc6c6cc(-c7ccc(C#N)cc7)ccc65)cc4-c4nc(-c5ccccc5)nc(-c5ccccc5)n4)c3)c(-c3nc(-c4ccccc4)nc(-c4ccccc4)n3)c2)cc1. The number of rotatable bonds is 12. The van der Waals surface area contributed by atoms with Crippen molar-refractivity contribution in [1.29, 1.82) is 5.26 Å². The van der Waals surface area contributed by atoms with Crippen LogP contribution in [0.2, 0.25) is 0 Å². The lowest BCUT2D eigenvalue weighted by atomic mass is 9.92. The van der Waals surface area contributed by atoms with Crippen molar-refractivity contribution >= 4 is 49.3 Å². The number of fused-ring (bicyclic) bond motifs is 6. The van der Waals surface area contributed by atoms with E-state index < -0.39 is 0 Å². The van der Waals surface area contributed by atoms with E-state index in [1.165, 1.54) is 0 Å². The molecule has 0 atom stereocenters. The fraction of sp³-hybridized carbons (Fsp3) is 0. The molecule has 10 heteroatoms. The van der Waals surface area contributed by atoms with E-state index in [1.54, 1.807) is 0 Å². The molecule has 0 amide bonds. The van der Waals surface area contributed by atoms with Crippen molar-refractivity contribution in [2.24, 2.45) is 0 Å². The number of benzene rings is 13. The lowest BCUT2D eigenvalue weighted by molar-refractivity contribution is 1.07. The van der Waals surface area contributed by atoms with Gasteiger partial charge >= 0.3 is 0 Å². The smallest absolute Gasteiger partial charge is 0.187 e. The maximum absolute atomic E-state index is 9.61. The molecule has 0 unspecified atom stereocenters. The van der Waals surface area contributed by atoms with Crippen LogP contribution >= 0.6 is 0 Å². The summed E-state index contributed by atoms with van der Waals surface area (Å²) >= 11 is 0. The Labute approximate surface area is 553 Å². The predicted molar refractivity (Wildman–Crippen MR) is 387 cm³/mol. The topological polar surface area (TPSA) is 115 Å². The maximum Gasteiger partial charge on any atom is 0.187 e. The Morgan fingerprint density at radius 3 is 1.00 bits per heavy atom. The Kier molecular flexibility index (Phi) is 14.1. The van der Waals surface area contributed by atoms with Gasteiger partial charge in [-0.3, -0.25) is 0 Å². The van der Waals surface area contributed by atoms with Crippen molar-refractivity contribution in [3.8, 4) is 130 Å². The largest absolute Gasteiger partial charge is 0.309 e. The summed E-state index contributed by atoms with van der Waals surface area (Å²) in [5, 5.41) is 14.0. The number of para-hydroxylation sites is 2. The Hall–Kier alpha value is -13.5. The molecule has 0 saturated carbocycles. The van der Waals surface area contributed by atoms with Gasteiger partial charge in [-0.05, 0) is 123 Å². The minimum Gasteiger partial charge on any atom is -0.309 e. The van der Waals surface area contributed by atoms with Gasteiger partial charge in [0.15, 0.2) is 40.6 Å². The molecule has 96 heavy (non-hydrogen) atoms. The van der Waals surface area contributed by atoms with Crippen LogP contribution < -0.4 is 0 Å². The van der Waals surface area contributed by atoms with E-state index in [0.717, 1.165) is 133 Å².